The first-order valence-corrected chi connectivity index (χ1v) is 4.96. The summed E-state index contributed by atoms with van der Waals surface area (Å²) < 4.78 is 9.92. The average molecular weight is 211 g/mol. The van der Waals surface area contributed by atoms with Crippen LogP contribution in [0.2, 0.25) is 0 Å². The molecular formula is C9H13N3O3. The molecule has 0 aliphatic carbocycles. The van der Waals surface area contributed by atoms with Crippen LogP contribution in [0.5, 0.6) is 0 Å². The molecule has 1 aliphatic heterocycles. The van der Waals surface area contributed by atoms with Crippen LogP contribution >= 0.6 is 0 Å². The van der Waals surface area contributed by atoms with Gasteiger partial charge in [-0.15, -0.1) is 0 Å². The van der Waals surface area contributed by atoms with Crippen molar-refractivity contribution >= 4 is 6.29 Å². The maximum atomic E-state index is 10.3. The highest BCUT2D eigenvalue weighted by molar-refractivity contribution is 5.66. The van der Waals surface area contributed by atoms with Crippen LogP contribution in [0.4, 0.5) is 0 Å². The van der Waals surface area contributed by atoms with Gasteiger partial charge in [0.15, 0.2) is 5.82 Å². The summed E-state index contributed by atoms with van der Waals surface area (Å²) >= 11 is 0. The lowest BCUT2D eigenvalue weighted by Gasteiger charge is -2.25. The van der Waals surface area contributed by atoms with Crippen molar-refractivity contribution in [1.29, 1.82) is 0 Å². The minimum atomic E-state index is 0.0481. The topological polar surface area (TPSA) is 68.5 Å². The highest BCUT2D eigenvalue weighted by atomic mass is 16.5. The van der Waals surface area contributed by atoms with Gasteiger partial charge in [-0.2, -0.15) is 4.98 Å². The Labute approximate surface area is 87.2 Å². The molecule has 0 radical (unpaired) electrons. The predicted molar refractivity (Wildman–Crippen MR) is 50.6 cm³/mol. The van der Waals surface area contributed by atoms with Crippen LogP contribution in [-0.4, -0.2) is 54.2 Å². The minimum absolute atomic E-state index is 0.0481. The van der Waals surface area contributed by atoms with Crippen LogP contribution in [0, 0.1) is 0 Å². The molecule has 1 aliphatic rings. The van der Waals surface area contributed by atoms with E-state index in [1.54, 1.807) is 0 Å². The van der Waals surface area contributed by atoms with E-state index in [0.29, 0.717) is 18.5 Å². The number of morpholine rings is 1. The molecule has 1 saturated heterocycles. The summed E-state index contributed by atoms with van der Waals surface area (Å²) in [7, 11) is 0. The van der Waals surface area contributed by atoms with Crippen LogP contribution in [-0.2, 0) is 11.2 Å². The molecule has 0 amide bonds. The first-order chi connectivity index (χ1) is 7.38. The van der Waals surface area contributed by atoms with E-state index in [4.69, 9.17) is 4.74 Å². The quantitative estimate of drug-likeness (QED) is 0.640. The number of carbonyl (C=O) groups excluding carboxylic acids is 1. The second kappa shape index (κ2) is 4.99. The third kappa shape index (κ3) is 2.84. The molecule has 0 bridgehead atoms. The van der Waals surface area contributed by atoms with Crippen molar-refractivity contribution in [2.24, 2.45) is 0 Å². The fourth-order valence-electron chi connectivity index (χ4n) is 1.50. The fraction of sp³-hybridized carbons (Fsp3) is 0.667. The zero-order valence-electron chi connectivity index (χ0n) is 8.39. The van der Waals surface area contributed by atoms with Gasteiger partial charge in [-0.05, 0) is 0 Å². The molecule has 1 aromatic heterocycles. The molecule has 82 valence electrons. The van der Waals surface area contributed by atoms with Gasteiger partial charge >= 0.3 is 0 Å². The Kier molecular flexibility index (Phi) is 3.41. The molecule has 1 aromatic rings. The van der Waals surface area contributed by atoms with Gasteiger partial charge in [0, 0.05) is 26.1 Å². The van der Waals surface area contributed by atoms with Crippen molar-refractivity contribution in [2.45, 2.75) is 6.42 Å². The molecule has 0 atom stereocenters. The first kappa shape index (κ1) is 10.3. The Morgan fingerprint density at radius 1 is 1.40 bits per heavy atom. The van der Waals surface area contributed by atoms with Crippen molar-refractivity contribution in [3.05, 3.63) is 11.7 Å². The molecule has 2 heterocycles. The lowest BCUT2D eigenvalue weighted by molar-refractivity contribution is 0.0381. The summed E-state index contributed by atoms with van der Waals surface area (Å²) in [5.74, 6) is 0.635. The normalized spacial score (nSPS) is 17.9. The van der Waals surface area contributed by atoms with E-state index in [-0.39, 0.29) is 5.89 Å². The number of nitrogens with zero attached hydrogens (tertiary/aromatic N) is 3. The first-order valence-electron chi connectivity index (χ1n) is 4.96. The SMILES string of the molecule is O=Cc1nc(CCN2CCOCC2)no1. The van der Waals surface area contributed by atoms with E-state index in [1.165, 1.54) is 0 Å². The summed E-state index contributed by atoms with van der Waals surface area (Å²) in [5, 5.41) is 3.70. The molecular weight excluding hydrogens is 198 g/mol. The van der Waals surface area contributed by atoms with E-state index in [9.17, 15) is 4.79 Å². The number of aromatic nitrogens is 2. The van der Waals surface area contributed by atoms with Gasteiger partial charge in [0.25, 0.3) is 5.89 Å². The number of rotatable bonds is 4. The number of ether oxygens (including phenoxy) is 1. The number of hydrogen-bond acceptors (Lipinski definition) is 6. The molecule has 0 aromatic carbocycles. The Morgan fingerprint density at radius 3 is 2.87 bits per heavy atom. The number of aldehydes is 1. The highest BCUT2D eigenvalue weighted by Crippen LogP contribution is 2.00. The van der Waals surface area contributed by atoms with E-state index in [1.807, 2.05) is 0 Å². The second-order valence-corrected chi connectivity index (χ2v) is 3.37. The predicted octanol–water partition coefficient (Wildman–Crippen LogP) is -0.243. The lowest BCUT2D eigenvalue weighted by Crippen LogP contribution is -2.37. The Bertz CT molecular complexity index is 320. The van der Waals surface area contributed by atoms with E-state index >= 15 is 0 Å². The van der Waals surface area contributed by atoms with Gasteiger partial charge in [0.2, 0.25) is 6.29 Å². The maximum absolute atomic E-state index is 10.3. The third-order valence-corrected chi connectivity index (χ3v) is 2.34. The van der Waals surface area contributed by atoms with Crippen LogP contribution in [0.3, 0.4) is 0 Å². The number of hydrogen-bond donors (Lipinski definition) is 0. The molecule has 0 N–H and O–H groups in total. The Morgan fingerprint density at radius 2 is 2.20 bits per heavy atom. The summed E-state index contributed by atoms with van der Waals surface area (Å²) in [6, 6.07) is 0. The standard InChI is InChI=1S/C9H13N3O3/c13-7-9-10-8(11-15-9)1-2-12-3-5-14-6-4-12/h7H,1-6H2. The molecule has 6 heteroatoms. The summed E-state index contributed by atoms with van der Waals surface area (Å²) in [5.41, 5.74) is 0. The maximum Gasteiger partial charge on any atom is 0.290 e. The Hall–Kier alpha value is -1.27. The van der Waals surface area contributed by atoms with E-state index < -0.39 is 0 Å². The molecule has 0 unspecified atom stereocenters. The monoisotopic (exact) mass is 211 g/mol. The van der Waals surface area contributed by atoms with Crippen molar-refractivity contribution < 1.29 is 14.1 Å². The summed E-state index contributed by atoms with van der Waals surface area (Å²) in [6.45, 7) is 4.33. The van der Waals surface area contributed by atoms with Crippen LogP contribution < -0.4 is 0 Å². The summed E-state index contributed by atoms with van der Waals surface area (Å²) in [4.78, 5) is 16.5. The van der Waals surface area contributed by atoms with Crippen LogP contribution in [0.25, 0.3) is 0 Å². The second-order valence-electron chi connectivity index (χ2n) is 3.37. The van der Waals surface area contributed by atoms with Gasteiger partial charge in [-0.1, -0.05) is 5.16 Å². The summed E-state index contributed by atoms with van der Waals surface area (Å²) in [6.07, 6.45) is 1.27. The molecule has 1 fully saturated rings. The molecule has 6 nitrogen and oxygen atoms in total. The van der Waals surface area contributed by atoms with Crippen molar-refractivity contribution in [1.82, 2.24) is 15.0 Å². The Balaban J connectivity index is 1.79. The number of carbonyl (C=O) groups is 1. The minimum Gasteiger partial charge on any atom is -0.379 e. The van der Waals surface area contributed by atoms with Crippen LogP contribution in [0.1, 0.15) is 16.5 Å². The van der Waals surface area contributed by atoms with Gasteiger partial charge in [0.1, 0.15) is 0 Å². The van der Waals surface area contributed by atoms with Gasteiger partial charge in [-0.25, -0.2) is 0 Å². The zero-order chi connectivity index (χ0) is 10.5. The van der Waals surface area contributed by atoms with Gasteiger partial charge in [-0.3, -0.25) is 9.69 Å². The van der Waals surface area contributed by atoms with Gasteiger partial charge in [0.05, 0.1) is 13.2 Å². The molecule has 15 heavy (non-hydrogen) atoms. The largest absolute Gasteiger partial charge is 0.379 e. The van der Waals surface area contributed by atoms with Crippen molar-refractivity contribution in [2.75, 3.05) is 32.8 Å². The van der Waals surface area contributed by atoms with E-state index in [2.05, 4.69) is 19.6 Å². The zero-order valence-corrected chi connectivity index (χ0v) is 8.39. The fourth-order valence-corrected chi connectivity index (χ4v) is 1.50. The van der Waals surface area contributed by atoms with Gasteiger partial charge < -0.3 is 9.26 Å². The lowest BCUT2D eigenvalue weighted by atomic mass is 10.3. The molecule has 0 spiro atoms. The smallest absolute Gasteiger partial charge is 0.290 e. The van der Waals surface area contributed by atoms with Crippen LogP contribution in [0.15, 0.2) is 4.52 Å². The third-order valence-electron chi connectivity index (χ3n) is 2.34. The average Bonchev–Trinajstić information content (AvgIpc) is 2.76. The van der Waals surface area contributed by atoms with E-state index in [0.717, 1.165) is 32.8 Å². The molecule has 2 rings (SSSR count). The van der Waals surface area contributed by atoms with Crippen molar-refractivity contribution in [3.8, 4) is 0 Å². The highest BCUT2D eigenvalue weighted by Gasteiger charge is 2.12. The van der Waals surface area contributed by atoms with Crippen molar-refractivity contribution in [3.63, 3.8) is 0 Å². The molecule has 0 saturated carbocycles.